The van der Waals surface area contributed by atoms with Gasteiger partial charge in [-0.25, -0.2) is 0 Å². The molecule has 0 aromatic heterocycles. The van der Waals surface area contributed by atoms with E-state index in [1.54, 1.807) is 24.3 Å². The topological polar surface area (TPSA) is 52.9 Å². The number of nitriles is 1. The average molecular weight is 321 g/mol. The number of alkyl halides is 1. The fraction of sp³-hybridized carbons (Fsp3) is 0.467. The summed E-state index contributed by atoms with van der Waals surface area (Å²) in [6, 6.07) is 8.79. The number of halogens is 1. The fourth-order valence-corrected chi connectivity index (χ4v) is 3.31. The first-order valence-corrected chi connectivity index (χ1v) is 7.66. The molecule has 1 amide bonds. The molecule has 0 aliphatic heterocycles. The number of carbonyl (C=O) groups excluding carboxylic acids is 1. The van der Waals surface area contributed by atoms with Gasteiger partial charge < -0.3 is 5.32 Å². The van der Waals surface area contributed by atoms with Gasteiger partial charge >= 0.3 is 0 Å². The molecule has 0 atom stereocenters. The molecule has 1 aliphatic carbocycles. The van der Waals surface area contributed by atoms with Crippen LogP contribution in [-0.2, 0) is 0 Å². The highest BCUT2D eigenvalue weighted by molar-refractivity contribution is 9.09. The van der Waals surface area contributed by atoms with Gasteiger partial charge in [-0.15, -0.1) is 0 Å². The van der Waals surface area contributed by atoms with Crippen molar-refractivity contribution in [3.63, 3.8) is 0 Å². The van der Waals surface area contributed by atoms with E-state index in [-0.39, 0.29) is 11.3 Å². The number of nitrogens with zero attached hydrogens (tertiary/aromatic N) is 1. The first kappa shape index (κ1) is 14.1. The van der Waals surface area contributed by atoms with Gasteiger partial charge in [0.1, 0.15) is 0 Å². The van der Waals surface area contributed by atoms with Crippen molar-refractivity contribution >= 4 is 21.8 Å². The molecule has 100 valence electrons. The minimum absolute atomic E-state index is 0.0586. The molecule has 0 unspecified atom stereocenters. The van der Waals surface area contributed by atoms with Crippen LogP contribution in [0.2, 0.25) is 0 Å². The highest BCUT2D eigenvalue weighted by Crippen LogP contribution is 2.38. The molecule has 1 N–H and O–H groups in total. The molecular formula is C15H17BrN2O. The third kappa shape index (κ3) is 3.36. The van der Waals surface area contributed by atoms with Crippen molar-refractivity contribution in [1.29, 1.82) is 5.26 Å². The quantitative estimate of drug-likeness (QED) is 0.866. The van der Waals surface area contributed by atoms with Crippen molar-refractivity contribution in [3.8, 4) is 6.07 Å². The molecule has 0 heterocycles. The van der Waals surface area contributed by atoms with E-state index in [2.05, 4.69) is 21.2 Å². The van der Waals surface area contributed by atoms with Crippen molar-refractivity contribution in [2.75, 3.05) is 11.9 Å². The maximum atomic E-state index is 12.0. The van der Waals surface area contributed by atoms with Crippen molar-refractivity contribution in [2.24, 2.45) is 5.41 Å². The highest BCUT2D eigenvalue weighted by Gasteiger charge is 2.32. The van der Waals surface area contributed by atoms with Gasteiger partial charge in [0.05, 0.1) is 11.6 Å². The third-order valence-electron chi connectivity index (χ3n) is 3.85. The van der Waals surface area contributed by atoms with Gasteiger partial charge in [0, 0.05) is 17.4 Å². The Balaban J connectivity index is 1.95. The van der Waals surface area contributed by atoms with Crippen molar-refractivity contribution in [3.05, 3.63) is 35.4 Å². The van der Waals surface area contributed by atoms with Gasteiger partial charge in [-0.1, -0.05) is 28.8 Å². The maximum Gasteiger partial charge on any atom is 0.251 e. The van der Waals surface area contributed by atoms with E-state index in [9.17, 15) is 4.79 Å². The summed E-state index contributed by atoms with van der Waals surface area (Å²) >= 11 is 3.57. The number of benzene rings is 1. The summed E-state index contributed by atoms with van der Waals surface area (Å²) in [7, 11) is 0. The molecule has 4 heteroatoms. The minimum atomic E-state index is -0.0586. The summed E-state index contributed by atoms with van der Waals surface area (Å²) in [4.78, 5) is 12.0. The number of amides is 1. The average Bonchev–Trinajstić information content (AvgIpc) is 2.94. The number of rotatable bonds is 4. The lowest BCUT2D eigenvalue weighted by Gasteiger charge is -2.26. The van der Waals surface area contributed by atoms with Crippen molar-refractivity contribution < 1.29 is 4.79 Å². The zero-order valence-corrected chi connectivity index (χ0v) is 12.4. The highest BCUT2D eigenvalue weighted by atomic mass is 79.9. The Labute approximate surface area is 122 Å². The van der Waals surface area contributed by atoms with E-state index in [1.807, 2.05) is 6.07 Å². The van der Waals surface area contributed by atoms with E-state index in [0.717, 1.165) is 11.9 Å². The molecule has 1 aliphatic rings. The van der Waals surface area contributed by atoms with Crippen molar-refractivity contribution in [2.45, 2.75) is 25.7 Å². The Morgan fingerprint density at radius 1 is 1.32 bits per heavy atom. The molecule has 2 rings (SSSR count). The summed E-state index contributed by atoms with van der Waals surface area (Å²) < 4.78 is 0. The molecule has 0 saturated heterocycles. The van der Waals surface area contributed by atoms with Crippen LogP contribution < -0.4 is 5.32 Å². The monoisotopic (exact) mass is 320 g/mol. The zero-order chi connectivity index (χ0) is 13.7. The molecule has 0 spiro atoms. The number of hydrogen-bond donors (Lipinski definition) is 1. The summed E-state index contributed by atoms with van der Waals surface area (Å²) in [6.07, 6.45) is 4.84. The van der Waals surface area contributed by atoms with E-state index in [4.69, 9.17) is 5.26 Å². The second-order valence-corrected chi connectivity index (χ2v) is 5.77. The van der Waals surface area contributed by atoms with Gasteiger partial charge in [0.15, 0.2) is 0 Å². The summed E-state index contributed by atoms with van der Waals surface area (Å²) in [5.41, 5.74) is 1.41. The van der Waals surface area contributed by atoms with Crippen molar-refractivity contribution in [1.82, 2.24) is 5.32 Å². The van der Waals surface area contributed by atoms with Gasteiger partial charge in [0.2, 0.25) is 0 Å². The summed E-state index contributed by atoms with van der Waals surface area (Å²) in [5.74, 6) is -0.0586. The lowest BCUT2D eigenvalue weighted by atomic mass is 9.89. The van der Waals surface area contributed by atoms with Crippen LogP contribution in [0.1, 0.15) is 41.6 Å². The molecule has 1 aromatic rings. The Morgan fingerprint density at radius 3 is 2.47 bits per heavy atom. The third-order valence-corrected chi connectivity index (χ3v) is 5.04. The predicted octanol–water partition coefficient (Wildman–Crippen LogP) is 3.24. The van der Waals surface area contributed by atoms with Gasteiger partial charge in [-0.05, 0) is 42.5 Å². The lowest BCUT2D eigenvalue weighted by Crippen LogP contribution is -2.37. The summed E-state index contributed by atoms with van der Waals surface area (Å²) in [6.45, 7) is 0.719. The second kappa shape index (κ2) is 6.21. The molecule has 1 saturated carbocycles. The Hall–Kier alpha value is -1.34. The molecular weight excluding hydrogens is 304 g/mol. The Morgan fingerprint density at radius 2 is 1.95 bits per heavy atom. The van der Waals surface area contributed by atoms with E-state index in [1.165, 1.54) is 25.7 Å². The molecule has 1 fully saturated rings. The second-order valence-electron chi connectivity index (χ2n) is 5.21. The zero-order valence-electron chi connectivity index (χ0n) is 10.8. The normalized spacial score (nSPS) is 16.8. The fourth-order valence-electron chi connectivity index (χ4n) is 2.55. The molecule has 3 nitrogen and oxygen atoms in total. The first-order chi connectivity index (χ1) is 9.19. The van der Waals surface area contributed by atoms with Crippen LogP contribution in [0.3, 0.4) is 0 Å². The van der Waals surface area contributed by atoms with Crippen LogP contribution in [-0.4, -0.2) is 17.8 Å². The SMILES string of the molecule is N#Cc1ccc(C(=O)NCC2(CBr)CCCC2)cc1. The standard InChI is InChI=1S/C15H17BrN2O/c16-10-15(7-1-2-8-15)11-18-14(19)13-5-3-12(9-17)4-6-13/h3-6H,1-2,7-8,10-11H2,(H,18,19). The Bertz CT molecular complexity index is 484. The van der Waals surface area contributed by atoms with Crippen LogP contribution in [0.15, 0.2) is 24.3 Å². The lowest BCUT2D eigenvalue weighted by molar-refractivity contribution is 0.0935. The minimum Gasteiger partial charge on any atom is -0.351 e. The Kier molecular flexibility index (Phi) is 4.60. The molecule has 0 bridgehead atoms. The predicted molar refractivity (Wildman–Crippen MR) is 78.2 cm³/mol. The van der Waals surface area contributed by atoms with Gasteiger partial charge in [-0.2, -0.15) is 5.26 Å². The van der Waals surface area contributed by atoms with E-state index in [0.29, 0.717) is 11.1 Å². The van der Waals surface area contributed by atoms with E-state index < -0.39 is 0 Å². The smallest absolute Gasteiger partial charge is 0.251 e. The summed E-state index contributed by atoms with van der Waals surface area (Å²) in [5, 5.41) is 12.7. The first-order valence-electron chi connectivity index (χ1n) is 6.53. The van der Waals surface area contributed by atoms with Crippen LogP contribution in [0.5, 0.6) is 0 Å². The van der Waals surface area contributed by atoms with Crippen LogP contribution in [0.25, 0.3) is 0 Å². The van der Waals surface area contributed by atoms with Crippen LogP contribution in [0, 0.1) is 16.7 Å². The van der Waals surface area contributed by atoms with Crippen LogP contribution in [0.4, 0.5) is 0 Å². The molecule has 0 radical (unpaired) electrons. The van der Waals surface area contributed by atoms with Gasteiger partial charge in [-0.3, -0.25) is 4.79 Å². The van der Waals surface area contributed by atoms with Crippen LogP contribution >= 0.6 is 15.9 Å². The number of carbonyl (C=O) groups is 1. The maximum absolute atomic E-state index is 12.0. The number of nitrogens with one attached hydrogen (secondary N) is 1. The largest absolute Gasteiger partial charge is 0.351 e. The molecule has 1 aromatic carbocycles. The van der Waals surface area contributed by atoms with E-state index >= 15 is 0 Å². The number of hydrogen-bond acceptors (Lipinski definition) is 2. The molecule has 19 heavy (non-hydrogen) atoms. The van der Waals surface area contributed by atoms with Gasteiger partial charge in [0.25, 0.3) is 5.91 Å².